The summed E-state index contributed by atoms with van der Waals surface area (Å²) in [6.45, 7) is 3.06. The van der Waals surface area contributed by atoms with Crippen LogP contribution >= 0.6 is 0 Å². The summed E-state index contributed by atoms with van der Waals surface area (Å²) in [6, 6.07) is 1.93. The second-order valence-electron chi connectivity index (χ2n) is 2.34. The lowest BCUT2D eigenvalue weighted by atomic mass is 10.3. The van der Waals surface area contributed by atoms with Gasteiger partial charge >= 0.3 is 0 Å². The van der Waals surface area contributed by atoms with Crippen LogP contribution in [-0.4, -0.2) is 18.1 Å². The lowest BCUT2D eigenvalue weighted by Crippen LogP contribution is -2.10. The normalized spacial score (nSPS) is 9.64. The van der Waals surface area contributed by atoms with Crippen molar-refractivity contribution in [2.24, 2.45) is 5.73 Å². The maximum absolute atomic E-state index is 5.27. The Balaban J connectivity index is 2.56. The van der Waals surface area contributed by atoms with Gasteiger partial charge in [-0.05, 0) is 18.6 Å². The summed E-state index contributed by atoms with van der Waals surface area (Å²) < 4.78 is 5.25. The van der Waals surface area contributed by atoms with Crippen molar-refractivity contribution < 1.29 is 4.74 Å². The van der Waals surface area contributed by atoms with Crippen LogP contribution in [0.2, 0.25) is 0 Å². The number of rotatable bonds is 3. The lowest BCUT2D eigenvalue weighted by Gasteiger charge is -2.03. The van der Waals surface area contributed by atoms with Gasteiger partial charge in [-0.15, -0.1) is 0 Å². The SMILES string of the molecule is Cc1cncc(OCCN)c1. The molecule has 0 radical (unpaired) electrons. The van der Waals surface area contributed by atoms with Gasteiger partial charge in [0.15, 0.2) is 0 Å². The molecule has 1 heterocycles. The summed E-state index contributed by atoms with van der Waals surface area (Å²) in [7, 11) is 0. The van der Waals surface area contributed by atoms with Crippen LogP contribution in [0.4, 0.5) is 0 Å². The van der Waals surface area contributed by atoms with Gasteiger partial charge in [-0.2, -0.15) is 0 Å². The quantitative estimate of drug-likeness (QED) is 0.694. The molecule has 3 heteroatoms. The van der Waals surface area contributed by atoms with E-state index in [9.17, 15) is 0 Å². The third-order valence-corrected chi connectivity index (χ3v) is 1.24. The molecule has 0 atom stereocenters. The number of hydrogen-bond donors (Lipinski definition) is 1. The molecule has 0 aliphatic heterocycles. The Morgan fingerprint density at radius 3 is 3.00 bits per heavy atom. The summed E-state index contributed by atoms with van der Waals surface area (Å²) in [5.41, 5.74) is 6.37. The molecular formula is C8H12N2O. The minimum Gasteiger partial charge on any atom is -0.491 e. The highest BCUT2D eigenvalue weighted by Crippen LogP contribution is 2.09. The van der Waals surface area contributed by atoms with E-state index in [4.69, 9.17) is 10.5 Å². The standard InChI is InChI=1S/C8H12N2O/c1-7-4-8(6-10-5-7)11-3-2-9/h4-6H,2-3,9H2,1H3. The molecular weight excluding hydrogens is 140 g/mol. The fourth-order valence-electron chi connectivity index (χ4n) is 0.783. The van der Waals surface area contributed by atoms with Gasteiger partial charge in [0, 0.05) is 12.7 Å². The molecule has 3 nitrogen and oxygen atoms in total. The summed E-state index contributed by atoms with van der Waals surface area (Å²) >= 11 is 0. The average molecular weight is 152 g/mol. The molecule has 1 aromatic rings. The minimum absolute atomic E-state index is 0.536. The number of nitrogens with two attached hydrogens (primary N) is 1. The monoisotopic (exact) mass is 152 g/mol. The molecule has 60 valence electrons. The Bertz CT molecular complexity index is 225. The Morgan fingerprint density at radius 2 is 2.36 bits per heavy atom. The van der Waals surface area contributed by atoms with Crippen LogP contribution in [0.5, 0.6) is 5.75 Å². The van der Waals surface area contributed by atoms with E-state index in [1.165, 1.54) is 0 Å². The second kappa shape index (κ2) is 3.93. The summed E-state index contributed by atoms with van der Waals surface area (Å²) in [5.74, 6) is 0.787. The molecule has 0 unspecified atom stereocenters. The van der Waals surface area contributed by atoms with Crippen molar-refractivity contribution in [2.75, 3.05) is 13.2 Å². The van der Waals surface area contributed by atoms with Crippen molar-refractivity contribution in [3.05, 3.63) is 24.0 Å². The second-order valence-corrected chi connectivity index (χ2v) is 2.34. The smallest absolute Gasteiger partial charge is 0.137 e. The Hall–Kier alpha value is -1.09. The molecule has 11 heavy (non-hydrogen) atoms. The average Bonchev–Trinajstić information content (AvgIpc) is 2.01. The van der Waals surface area contributed by atoms with Crippen LogP contribution in [-0.2, 0) is 0 Å². The molecule has 0 saturated heterocycles. The van der Waals surface area contributed by atoms with Gasteiger partial charge < -0.3 is 10.5 Å². The number of ether oxygens (including phenoxy) is 1. The number of aryl methyl sites for hydroxylation is 1. The fourth-order valence-corrected chi connectivity index (χ4v) is 0.783. The van der Waals surface area contributed by atoms with Crippen LogP contribution in [0.15, 0.2) is 18.5 Å². The predicted molar refractivity (Wildman–Crippen MR) is 43.5 cm³/mol. The van der Waals surface area contributed by atoms with E-state index in [1.54, 1.807) is 12.4 Å². The first-order chi connectivity index (χ1) is 5.33. The maximum Gasteiger partial charge on any atom is 0.137 e. The van der Waals surface area contributed by atoms with E-state index in [2.05, 4.69) is 4.98 Å². The highest BCUT2D eigenvalue weighted by atomic mass is 16.5. The van der Waals surface area contributed by atoms with Gasteiger partial charge in [0.25, 0.3) is 0 Å². The number of hydrogen-bond acceptors (Lipinski definition) is 3. The zero-order valence-electron chi connectivity index (χ0n) is 6.58. The van der Waals surface area contributed by atoms with Crippen LogP contribution in [0.1, 0.15) is 5.56 Å². The van der Waals surface area contributed by atoms with E-state index in [1.807, 2.05) is 13.0 Å². The van der Waals surface area contributed by atoms with E-state index in [0.29, 0.717) is 13.2 Å². The van der Waals surface area contributed by atoms with E-state index < -0.39 is 0 Å². The third-order valence-electron chi connectivity index (χ3n) is 1.24. The summed E-state index contributed by atoms with van der Waals surface area (Å²) in [4.78, 5) is 3.97. The molecule has 0 fully saturated rings. The third kappa shape index (κ3) is 2.55. The molecule has 0 spiro atoms. The Morgan fingerprint density at radius 1 is 1.55 bits per heavy atom. The summed E-state index contributed by atoms with van der Waals surface area (Å²) in [6.07, 6.45) is 3.47. The lowest BCUT2D eigenvalue weighted by molar-refractivity contribution is 0.327. The zero-order valence-corrected chi connectivity index (χ0v) is 6.58. The number of nitrogens with zero attached hydrogens (tertiary/aromatic N) is 1. The van der Waals surface area contributed by atoms with Crippen LogP contribution < -0.4 is 10.5 Å². The van der Waals surface area contributed by atoms with Crippen molar-refractivity contribution in [1.29, 1.82) is 0 Å². The van der Waals surface area contributed by atoms with Gasteiger partial charge in [-0.1, -0.05) is 0 Å². The van der Waals surface area contributed by atoms with Gasteiger partial charge in [-0.25, -0.2) is 0 Å². The van der Waals surface area contributed by atoms with Crippen LogP contribution in [0.25, 0.3) is 0 Å². The van der Waals surface area contributed by atoms with Gasteiger partial charge in [-0.3, -0.25) is 4.98 Å². The molecule has 0 amide bonds. The van der Waals surface area contributed by atoms with Gasteiger partial charge in [0.05, 0.1) is 6.20 Å². The minimum atomic E-state index is 0.536. The molecule has 1 rings (SSSR count). The predicted octanol–water partition coefficient (Wildman–Crippen LogP) is 0.728. The largest absolute Gasteiger partial charge is 0.491 e. The molecule has 0 bridgehead atoms. The first-order valence-electron chi connectivity index (χ1n) is 3.57. The molecule has 2 N–H and O–H groups in total. The Labute approximate surface area is 66.2 Å². The molecule has 0 aromatic carbocycles. The molecule has 1 aromatic heterocycles. The topological polar surface area (TPSA) is 48.1 Å². The van der Waals surface area contributed by atoms with Crippen molar-refractivity contribution in [3.8, 4) is 5.75 Å². The first kappa shape index (κ1) is 8.01. The van der Waals surface area contributed by atoms with E-state index in [0.717, 1.165) is 11.3 Å². The van der Waals surface area contributed by atoms with Gasteiger partial charge in [0.2, 0.25) is 0 Å². The first-order valence-corrected chi connectivity index (χ1v) is 3.57. The molecule has 0 saturated carbocycles. The van der Waals surface area contributed by atoms with E-state index >= 15 is 0 Å². The fraction of sp³-hybridized carbons (Fsp3) is 0.375. The highest BCUT2D eigenvalue weighted by Gasteiger charge is 1.91. The highest BCUT2D eigenvalue weighted by molar-refractivity contribution is 5.22. The molecule has 0 aliphatic rings. The van der Waals surface area contributed by atoms with Crippen LogP contribution in [0, 0.1) is 6.92 Å². The maximum atomic E-state index is 5.27. The number of pyridine rings is 1. The van der Waals surface area contributed by atoms with Crippen LogP contribution in [0.3, 0.4) is 0 Å². The summed E-state index contributed by atoms with van der Waals surface area (Å²) in [5, 5.41) is 0. The molecule has 0 aliphatic carbocycles. The van der Waals surface area contributed by atoms with Crippen molar-refractivity contribution in [2.45, 2.75) is 6.92 Å². The van der Waals surface area contributed by atoms with Crippen molar-refractivity contribution >= 4 is 0 Å². The number of aromatic nitrogens is 1. The van der Waals surface area contributed by atoms with Crippen molar-refractivity contribution in [3.63, 3.8) is 0 Å². The van der Waals surface area contributed by atoms with Gasteiger partial charge in [0.1, 0.15) is 12.4 Å². The Kier molecular flexibility index (Phi) is 2.86. The zero-order chi connectivity index (χ0) is 8.10. The van der Waals surface area contributed by atoms with E-state index in [-0.39, 0.29) is 0 Å². The van der Waals surface area contributed by atoms with Crippen molar-refractivity contribution in [1.82, 2.24) is 4.98 Å².